The molecule has 1 amide bonds. The Bertz CT molecular complexity index is 406. The van der Waals surface area contributed by atoms with Crippen molar-refractivity contribution in [3.8, 4) is 0 Å². The van der Waals surface area contributed by atoms with Gasteiger partial charge in [-0.1, -0.05) is 0 Å². The van der Waals surface area contributed by atoms with Crippen molar-refractivity contribution in [1.29, 1.82) is 0 Å². The fourth-order valence-electron chi connectivity index (χ4n) is 1.72. The van der Waals surface area contributed by atoms with Gasteiger partial charge in [-0.3, -0.25) is 9.48 Å². The van der Waals surface area contributed by atoms with Crippen molar-refractivity contribution in [2.24, 2.45) is 7.05 Å². The van der Waals surface area contributed by atoms with Crippen molar-refractivity contribution in [1.82, 2.24) is 14.7 Å². The third-order valence-electron chi connectivity index (χ3n) is 2.89. The Hall–Kier alpha value is -1.52. The largest absolute Gasteiger partial charge is 0.395 e. The number of aromatic nitrogens is 2. The zero-order valence-electron chi connectivity index (χ0n) is 9.32. The molecule has 0 aromatic carbocycles. The van der Waals surface area contributed by atoms with Crippen molar-refractivity contribution < 1.29 is 4.79 Å². The van der Waals surface area contributed by atoms with Crippen LogP contribution in [-0.2, 0) is 7.05 Å². The average Bonchev–Trinajstić information content (AvgIpc) is 2.96. The van der Waals surface area contributed by atoms with Crippen molar-refractivity contribution in [2.45, 2.75) is 25.8 Å². The van der Waals surface area contributed by atoms with Gasteiger partial charge in [0, 0.05) is 20.1 Å². The highest BCUT2D eigenvalue weighted by Gasteiger charge is 2.32. The van der Waals surface area contributed by atoms with Crippen LogP contribution < -0.4 is 5.73 Å². The molecule has 0 atom stereocenters. The summed E-state index contributed by atoms with van der Waals surface area (Å²) in [6.07, 6.45) is 2.19. The van der Waals surface area contributed by atoms with Crippen LogP contribution in [0, 0.1) is 6.92 Å². The highest BCUT2D eigenvalue weighted by molar-refractivity contribution is 5.98. The third kappa shape index (κ3) is 1.58. The Kier molecular flexibility index (Phi) is 2.17. The number of aryl methyl sites for hydroxylation is 2. The van der Waals surface area contributed by atoms with E-state index in [1.807, 2.05) is 14.0 Å². The van der Waals surface area contributed by atoms with Crippen LogP contribution in [0.5, 0.6) is 0 Å². The summed E-state index contributed by atoms with van der Waals surface area (Å²) in [7, 11) is 3.57. The number of nitrogens with two attached hydrogens (primary N) is 1. The Morgan fingerprint density at radius 2 is 2.20 bits per heavy atom. The molecule has 1 heterocycles. The number of amides is 1. The van der Waals surface area contributed by atoms with Gasteiger partial charge < -0.3 is 10.6 Å². The van der Waals surface area contributed by atoms with E-state index in [1.165, 1.54) is 0 Å². The summed E-state index contributed by atoms with van der Waals surface area (Å²) in [5.41, 5.74) is 7.54. The molecule has 1 aliphatic rings. The van der Waals surface area contributed by atoms with E-state index in [9.17, 15) is 4.79 Å². The van der Waals surface area contributed by atoms with E-state index in [-0.39, 0.29) is 5.91 Å². The second-order valence-corrected chi connectivity index (χ2v) is 4.12. The van der Waals surface area contributed by atoms with Gasteiger partial charge in [-0.2, -0.15) is 5.10 Å². The standard InChI is InChI=1S/C10H16N4O/c1-6-8(11)9(14(3)12-6)10(15)13(2)7-4-5-7/h7H,4-5,11H2,1-3H3. The molecule has 1 aromatic heterocycles. The fraction of sp³-hybridized carbons (Fsp3) is 0.600. The number of nitrogen functional groups attached to an aromatic ring is 1. The van der Waals surface area contributed by atoms with Gasteiger partial charge in [-0.05, 0) is 19.8 Å². The molecule has 1 saturated carbocycles. The zero-order valence-corrected chi connectivity index (χ0v) is 9.32. The van der Waals surface area contributed by atoms with E-state index in [4.69, 9.17) is 5.73 Å². The number of anilines is 1. The lowest BCUT2D eigenvalue weighted by molar-refractivity contribution is 0.0775. The number of carbonyl (C=O) groups is 1. The summed E-state index contributed by atoms with van der Waals surface area (Å²) in [6.45, 7) is 1.81. The Labute approximate surface area is 88.8 Å². The Morgan fingerprint density at radius 3 is 2.60 bits per heavy atom. The highest BCUT2D eigenvalue weighted by atomic mass is 16.2. The monoisotopic (exact) mass is 208 g/mol. The smallest absolute Gasteiger partial charge is 0.274 e. The number of hydrogen-bond donors (Lipinski definition) is 1. The second kappa shape index (κ2) is 3.25. The minimum Gasteiger partial charge on any atom is -0.395 e. The molecule has 1 fully saturated rings. The second-order valence-electron chi connectivity index (χ2n) is 4.12. The van der Waals surface area contributed by atoms with E-state index >= 15 is 0 Å². The number of rotatable bonds is 2. The molecule has 0 bridgehead atoms. The first-order chi connectivity index (χ1) is 7.02. The lowest BCUT2D eigenvalue weighted by atomic mass is 10.2. The van der Waals surface area contributed by atoms with Gasteiger partial charge in [0.15, 0.2) is 0 Å². The summed E-state index contributed by atoms with van der Waals surface area (Å²) < 4.78 is 1.56. The highest BCUT2D eigenvalue weighted by Crippen LogP contribution is 2.28. The van der Waals surface area contributed by atoms with Crippen LogP contribution in [0.25, 0.3) is 0 Å². The predicted molar refractivity (Wildman–Crippen MR) is 57.5 cm³/mol. The number of hydrogen-bond acceptors (Lipinski definition) is 3. The average molecular weight is 208 g/mol. The van der Waals surface area contributed by atoms with Gasteiger partial charge in [-0.25, -0.2) is 0 Å². The van der Waals surface area contributed by atoms with E-state index in [0.717, 1.165) is 12.8 Å². The minimum atomic E-state index is -0.0295. The molecule has 0 spiro atoms. The number of carbonyl (C=O) groups excluding carboxylic acids is 1. The SMILES string of the molecule is Cc1nn(C)c(C(=O)N(C)C2CC2)c1N. The van der Waals surface area contributed by atoms with Gasteiger partial charge in [0.25, 0.3) is 5.91 Å². The van der Waals surface area contributed by atoms with Crippen LogP contribution in [0.4, 0.5) is 5.69 Å². The maximum absolute atomic E-state index is 12.1. The van der Waals surface area contributed by atoms with Gasteiger partial charge in [0.1, 0.15) is 5.69 Å². The van der Waals surface area contributed by atoms with E-state index < -0.39 is 0 Å². The summed E-state index contributed by atoms with van der Waals surface area (Å²) in [5, 5.41) is 4.14. The molecular formula is C10H16N4O. The first-order valence-corrected chi connectivity index (χ1v) is 5.08. The van der Waals surface area contributed by atoms with Crippen molar-refractivity contribution in [3.63, 3.8) is 0 Å². The third-order valence-corrected chi connectivity index (χ3v) is 2.89. The quantitative estimate of drug-likeness (QED) is 0.771. The van der Waals surface area contributed by atoms with Crippen LogP contribution in [0.1, 0.15) is 29.0 Å². The maximum Gasteiger partial charge on any atom is 0.274 e. The molecule has 0 radical (unpaired) electrons. The van der Waals surface area contributed by atoms with Gasteiger partial charge in [0.05, 0.1) is 11.4 Å². The minimum absolute atomic E-state index is 0.0295. The van der Waals surface area contributed by atoms with Gasteiger partial charge in [0.2, 0.25) is 0 Å². The molecule has 82 valence electrons. The first kappa shape index (κ1) is 10.0. The topological polar surface area (TPSA) is 64.2 Å². The van der Waals surface area contributed by atoms with E-state index in [0.29, 0.717) is 23.1 Å². The first-order valence-electron chi connectivity index (χ1n) is 5.08. The van der Waals surface area contributed by atoms with Crippen LogP contribution in [-0.4, -0.2) is 33.7 Å². The van der Waals surface area contributed by atoms with Crippen LogP contribution in [0.2, 0.25) is 0 Å². The molecule has 0 aliphatic heterocycles. The summed E-state index contributed by atoms with van der Waals surface area (Å²) >= 11 is 0. The summed E-state index contributed by atoms with van der Waals surface area (Å²) in [4.78, 5) is 13.8. The summed E-state index contributed by atoms with van der Waals surface area (Å²) in [5.74, 6) is -0.0295. The van der Waals surface area contributed by atoms with Gasteiger partial charge in [-0.15, -0.1) is 0 Å². The molecule has 2 rings (SSSR count). The molecular weight excluding hydrogens is 192 g/mol. The Morgan fingerprint density at radius 1 is 1.60 bits per heavy atom. The van der Waals surface area contributed by atoms with E-state index in [1.54, 1.807) is 16.6 Å². The van der Waals surface area contributed by atoms with E-state index in [2.05, 4.69) is 5.10 Å². The van der Waals surface area contributed by atoms with Crippen molar-refractivity contribution in [3.05, 3.63) is 11.4 Å². The molecule has 1 aromatic rings. The number of nitrogens with zero attached hydrogens (tertiary/aromatic N) is 3. The molecule has 5 heteroatoms. The molecule has 1 aliphatic carbocycles. The normalized spacial score (nSPS) is 15.4. The molecule has 0 saturated heterocycles. The lowest BCUT2D eigenvalue weighted by Crippen LogP contribution is -2.31. The Balaban J connectivity index is 2.31. The maximum atomic E-state index is 12.1. The molecule has 2 N–H and O–H groups in total. The van der Waals surface area contributed by atoms with Crippen LogP contribution in [0.3, 0.4) is 0 Å². The summed E-state index contributed by atoms with van der Waals surface area (Å²) in [6, 6.07) is 0.395. The molecule has 5 nitrogen and oxygen atoms in total. The van der Waals surface area contributed by atoms with Crippen molar-refractivity contribution >= 4 is 11.6 Å². The van der Waals surface area contributed by atoms with Crippen LogP contribution in [0.15, 0.2) is 0 Å². The molecule has 0 unspecified atom stereocenters. The van der Waals surface area contributed by atoms with Crippen LogP contribution >= 0.6 is 0 Å². The van der Waals surface area contributed by atoms with Crippen molar-refractivity contribution in [2.75, 3.05) is 12.8 Å². The fourth-order valence-corrected chi connectivity index (χ4v) is 1.72. The lowest BCUT2D eigenvalue weighted by Gasteiger charge is -2.16. The predicted octanol–water partition coefficient (Wildman–Crippen LogP) is 0.545. The zero-order chi connectivity index (χ0) is 11.2. The van der Waals surface area contributed by atoms with Gasteiger partial charge >= 0.3 is 0 Å². The molecule has 15 heavy (non-hydrogen) atoms.